The Labute approximate surface area is 514 Å². The van der Waals surface area contributed by atoms with Crippen molar-refractivity contribution in [1.82, 2.24) is 0 Å². The lowest BCUT2D eigenvalue weighted by atomic mass is 9.73. The number of unbranched alkanes of at least 4 members (excludes halogenated alkanes) is 2. The van der Waals surface area contributed by atoms with Crippen LogP contribution >= 0.6 is 0 Å². The van der Waals surface area contributed by atoms with E-state index in [0.29, 0.717) is 30.1 Å². The zero-order valence-electron chi connectivity index (χ0n) is 62.5. The maximum absolute atomic E-state index is 12.4. The van der Waals surface area contributed by atoms with Gasteiger partial charge in [-0.2, -0.15) is 52.7 Å². The summed E-state index contributed by atoms with van der Waals surface area (Å²) in [5, 5.41) is 0. The van der Waals surface area contributed by atoms with Gasteiger partial charge in [0.05, 0.1) is 23.7 Å². The van der Waals surface area contributed by atoms with E-state index in [-0.39, 0.29) is 41.9 Å². The molecule has 0 bridgehead atoms. The van der Waals surface area contributed by atoms with E-state index in [4.69, 9.17) is 2.74 Å². The Bertz CT molecular complexity index is 1390. The normalized spacial score (nSPS) is 23.7. The average Bonchev–Trinajstić information content (AvgIpc) is 3.83. The Morgan fingerprint density at radius 3 is 0.867 bits per heavy atom. The molecule has 0 radical (unpaired) electrons. The fourth-order valence-electron chi connectivity index (χ4n) is 8.18. The smallest absolute Gasteiger partial charge is 0.171 e. The van der Waals surface area contributed by atoms with E-state index in [2.05, 4.69) is 132 Å². The molecule has 12 heteroatoms. The maximum atomic E-state index is 12.4. The van der Waals surface area contributed by atoms with Crippen LogP contribution in [0.1, 0.15) is 346 Å². The molecule has 0 amide bonds. The van der Waals surface area contributed by atoms with Crippen molar-refractivity contribution in [2.45, 2.75) is 368 Å². The monoisotopic (exact) mass is 1230 g/mol. The first-order valence-corrected chi connectivity index (χ1v) is 33.1. The summed E-state index contributed by atoms with van der Waals surface area (Å²) >= 11 is 0. The van der Waals surface area contributed by atoms with Gasteiger partial charge in [-0.25, -0.2) is 0 Å². The molecule has 10 atom stereocenters. The van der Waals surface area contributed by atoms with Crippen LogP contribution in [-0.4, -0.2) is 24.7 Å². The van der Waals surface area contributed by atoms with Gasteiger partial charge in [-0.15, -0.1) is 0 Å². The van der Waals surface area contributed by atoms with Gasteiger partial charge in [0.1, 0.15) is 0 Å². The van der Waals surface area contributed by atoms with Crippen molar-refractivity contribution < 1.29 is 55.4 Å². The quantitative estimate of drug-likeness (QED) is 0.202. The SMILES string of the molecule is CC1CCC(C)C1C.CC1CCCC(C(F)(F)F)[C@@H]1C.CC1C[C@H](C)CC1C(F)(F)F.CCC(C)(C)C.CCC(C)C.CCC(C)C(F)(F)F.CCCC(C)(C)C.CCCC(C)C.CCCC(C)C(F)(F)F.CCCCC.[2H]C([2H])(C)C(C)(C)C. The first kappa shape index (κ1) is 93.3. The molecule has 83 heavy (non-hydrogen) atoms. The molecule has 3 aliphatic carbocycles. The highest BCUT2D eigenvalue weighted by Crippen LogP contribution is 2.46. The molecule has 514 valence electrons. The van der Waals surface area contributed by atoms with Gasteiger partial charge in [-0.1, -0.05) is 304 Å². The van der Waals surface area contributed by atoms with Crippen LogP contribution in [0.4, 0.5) is 52.7 Å². The molecule has 0 N–H and O–H groups in total. The van der Waals surface area contributed by atoms with E-state index in [9.17, 15) is 52.7 Å². The number of halogens is 12. The third kappa shape index (κ3) is 71.8. The Morgan fingerprint density at radius 2 is 0.759 bits per heavy atom. The second-order valence-corrected chi connectivity index (χ2v) is 29.2. The molecule has 0 spiro atoms. The van der Waals surface area contributed by atoms with Crippen molar-refractivity contribution in [2.24, 2.45) is 93.2 Å². The topological polar surface area (TPSA) is 0 Å². The summed E-state index contributed by atoms with van der Waals surface area (Å²) in [7, 11) is 0. The van der Waals surface area contributed by atoms with Crippen LogP contribution in [0.3, 0.4) is 0 Å². The minimum Gasteiger partial charge on any atom is -0.171 e. The molecule has 0 saturated heterocycles. The summed E-state index contributed by atoms with van der Waals surface area (Å²) in [6.07, 6.45) is 2.01. The molecule has 0 aliphatic heterocycles. The number of rotatable bonds is 9. The molecule has 3 rings (SSSR count). The highest BCUT2D eigenvalue weighted by molar-refractivity contribution is 4.84. The van der Waals surface area contributed by atoms with Gasteiger partial charge >= 0.3 is 24.7 Å². The second kappa shape index (κ2) is 52.0. The lowest BCUT2D eigenvalue weighted by Crippen LogP contribution is -2.35. The van der Waals surface area contributed by atoms with Gasteiger partial charge in [0.2, 0.25) is 0 Å². The van der Waals surface area contributed by atoms with Crippen LogP contribution in [-0.2, 0) is 0 Å². The van der Waals surface area contributed by atoms with E-state index >= 15 is 0 Å². The molecule has 3 saturated carbocycles. The maximum Gasteiger partial charge on any atom is 0.392 e. The zero-order valence-corrected chi connectivity index (χ0v) is 60.5. The first-order chi connectivity index (χ1) is 37.8. The summed E-state index contributed by atoms with van der Waals surface area (Å²) in [6.45, 7) is 63.1. The van der Waals surface area contributed by atoms with Crippen LogP contribution in [0.15, 0.2) is 0 Å². The van der Waals surface area contributed by atoms with Crippen molar-refractivity contribution in [3.05, 3.63) is 0 Å². The molecule has 0 aromatic heterocycles. The summed E-state index contributed by atoms with van der Waals surface area (Å²) < 4.78 is 157. The van der Waals surface area contributed by atoms with Crippen molar-refractivity contribution in [2.75, 3.05) is 0 Å². The van der Waals surface area contributed by atoms with E-state index < -0.39 is 54.7 Å². The van der Waals surface area contributed by atoms with Crippen LogP contribution in [0.2, 0.25) is 0 Å². The third-order valence-electron chi connectivity index (χ3n) is 16.2. The van der Waals surface area contributed by atoms with Crippen molar-refractivity contribution >= 4 is 0 Å². The van der Waals surface area contributed by atoms with Crippen LogP contribution in [0.5, 0.6) is 0 Å². The van der Waals surface area contributed by atoms with Gasteiger partial charge in [0, 0.05) is 2.74 Å². The minimum absolute atomic E-state index is 0.170. The Hall–Kier alpha value is -0.840. The number of hydrogen-bond acceptors (Lipinski definition) is 0. The van der Waals surface area contributed by atoms with Crippen LogP contribution < -0.4 is 0 Å². The molecule has 0 nitrogen and oxygen atoms in total. The van der Waals surface area contributed by atoms with E-state index in [0.717, 1.165) is 48.9 Å². The van der Waals surface area contributed by atoms with Crippen molar-refractivity contribution in [1.29, 1.82) is 0 Å². The van der Waals surface area contributed by atoms with Crippen LogP contribution in [0.25, 0.3) is 0 Å². The Kier molecular flexibility index (Phi) is 58.4. The molecular formula is C71H146F12. The molecule has 0 aromatic rings. The third-order valence-corrected chi connectivity index (χ3v) is 16.2. The molecule has 3 aliphatic rings. The van der Waals surface area contributed by atoms with E-state index in [1.165, 1.54) is 91.4 Å². The molecule has 8 unspecified atom stereocenters. The largest absolute Gasteiger partial charge is 0.392 e. The highest BCUT2D eigenvalue weighted by Gasteiger charge is 2.47. The molecule has 3 fully saturated rings. The summed E-state index contributed by atoms with van der Waals surface area (Å²) in [6, 6.07) is 0. The zero-order chi connectivity index (χ0) is 69.9. The summed E-state index contributed by atoms with van der Waals surface area (Å²) in [4.78, 5) is 0. The van der Waals surface area contributed by atoms with Gasteiger partial charge in [-0.05, 0) is 108 Å². The Balaban J connectivity index is -0.000000129. The van der Waals surface area contributed by atoms with E-state index in [1.807, 2.05) is 34.6 Å². The fraction of sp³-hybridized carbons (Fsp3) is 1.00. The lowest BCUT2D eigenvalue weighted by molar-refractivity contribution is -0.199. The second-order valence-electron chi connectivity index (χ2n) is 29.2. The van der Waals surface area contributed by atoms with Gasteiger partial charge < -0.3 is 0 Å². The summed E-state index contributed by atoms with van der Waals surface area (Å²) in [5.74, 6) is 0.462. The van der Waals surface area contributed by atoms with Crippen molar-refractivity contribution in [3.63, 3.8) is 0 Å². The predicted octanol–water partition coefficient (Wildman–Crippen LogP) is 29.5. The van der Waals surface area contributed by atoms with Crippen molar-refractivity contribution in [3.8, 4) is 0 Å². The average molecular weight is 1230 g/mol. The number of alkyl halides is 12. The Morgan fingerprint density at radius 1 is 0.398 bits per heavy atom. The first-order valence-electron chi connectivity index (χ1n) is 34.1. The van der Waals surface area contributed by atoms with Gasteiger partial charge in [-0.3, -0.25) is 0 Å². The van der Waals surface area contributed by atoms with Gasteiger partial charge in [0.25, 0.3) is 0 Å². The fourth-order valence-corrected chi connectivity index (χ4v) is 8.18. The van der Waals surface area contributed by atoms with E-state index in [1.54, 1.807) is 27.7 Å². The molecule has 0 aromatic carbocycles. The number of hydrogen-bond donors (Lipinski definition) is 0. The molecular weight excluding hydrogens is 1080 g/mol. The van der Waals surface area contributed by atoms with Crippen LogP contribution in [0, 0.1) is 93.2 Å². The minimum atomic E-state index is -3.99. The standard InChI is InChI=1S/C9H15F3.C8H13F3.C8H16.C7H16.C6H11F3.3C6H14.C5H9F3.2C5H12/c1-6-4-3-5-8(7(6)2)9(10,11)12;1-5-3-6(2)7(4-5)8(9,10)11;1-6-4-5-7(2)8(6)3;1-5-6-7(2,3)4;1-3-4-5(2)6(7,8)9;2*1-5-6(2,3)4;1-4-5-6(2)3;1-3-4(2)5(6,7)8;1-4-5(2)3;1-3-5-4-2/h6-8H,3-5H2,1-2H3;5-7H,3-4H2,1-2H3;6-8H,4-5H2,1-3H3;5-6H2,1-4H3;5H,3-4H2,1-2H3;2*5H2,1-4H3;6H,4-5H2,1-3H3;4H,3H2,1-2H3;5H,4H2,1-3H3;3-5H2,1-2H3/t6?,7-,8?;5-,6?,7?;;;;;;;;;/m10........./s1/i;;;;;5D2;;;;;. The predicted molar refractivity (Wildman–Crippen MR) is 345 cm³/mol. The summed E-state index contributed by atoms with van der Waals surface area (Å²) in [5.41, 5.74) is 0.863. The molecule has 0 heterocycles. The lowest BCUT2D eigenvalue weighted by Gasteiger charge is -2.35. The highest BCUT2D eigenvalue weighted by atomic mass is 19.4. The van der Waals surface area contributed by atoms with Gasteiger partial charge in [0.15, 0.2) is 0 Å².